The molecule has 3 N–H and O–H groups in total. The van der Waals surface area contributed by atoms with E-state index in [1.54, 1.807) is 0 Å². The molecule has 0 rings (SSSR count). The van der Waals surface area contributed by atoms with Crippen LogP contribution in [0.3, 0.4) is 0 Å². The van der Waals surface area contributed by atoms with Gasteiger partial charge in [-0.25, -0.2) is 0 Å². The highest BCUT2D eigenvalue weighted by Crippen LogP contribution is 2.24. The molecule has 0 aliphatic heterocycles. The number of nitrogens with one attached hydrogen (secondary N) is 2. The van der Waals surface area contributed by atoms with Crippen molar-refractivity contribution < 1.29 is 14.7 Å². The summed E-state index contributed by atoms with van der Waals surface area (Å²) in [5, 5.41) is 15.0. The minimum absolute atomic E-state index is 0.0625. The van der Waals surface area contributed by atoms with Crippen LogP contribution >= 0.6 is 0 Å². The second-order valence-electron chi connectivity index (χ2n) is 6.46. The molecule has 0 heterocycles. The molecule has 19 heavy (non-hydrogen) atoms. The SMILES string of the molecule is CC(C)NCCC(=O)NCC(CC(C)(C)C)C(=O)O. The van der Waals surface area contributed by atoms with Gasteiger partial charge in [-0.05, 0) is 11.8 Å². The zero-order valence-electron chi connectivity index (χ0n) is 12.7. The fraction of sp³-hybridized carbons (Fsp3) is 0.857. The fourth-order valence-corrected chi connectivity index (χ4v) is 1.79. The van der Waals surface area contributed by atoms with Crippen molar-refractivity contribution in [1.82, 2.24) is 10.6 Å². The van der Waals surface area contributed by atoms with E-state index in [1.807, 2.05) is 34.6 Å². The van der Waals surface area contributed by atoms with Gasteiger partial charge in [0.2, 0.25) is 5.91 Å². The summed E-state index contributed by atoms with van der Waals surface area (Å²) in [4.78, 5) is 22.7. The van der Waals surface area contributed by atoms with Gasteiger partial charge in [0.25, 0.3) is 0 Å². The van der Waals surface area contributed by atoms with Gasteiger partial charge < -0.3 is 15.7 Å². The van der Waals surface area contributed by atoms with Crippen molar-refractivity contribution in [2.24, 2.45) is 11.3 Å². The predicted molar refractivity (Wildman–Crippen MR) is 76.0 cm³/mol. The van der Waals surface area contributed by atoms with E-state index >= 15 is 0 Å². The lowest BCUT2D eigenvalue weighted by molar-refractivity contribution is -0.142. The molecule has 0 saturated heterocycles. The van der Waals surface area contributed by atoms with E-state index < -0.39 is 11.9 Å². The average molecular weight is 272 g/mol. The first-order chi connectivity index (χ1) is 8.61. The number of carbonyl (C=O) groups excluding carboxylic acids is 1. The quantitative estimate of drug-likeness (QED) is 0.627. The number of carbonyl (C=O) groups is 2. The normalized spacial score (nSPS) is 13.4. The summed E-state index contributed by atoms with van der Waals surface area (Å²) in [5.41, 5.74) is -0.0625. The summed E-state index contributed by atoms with van der Waals surface area (Å²) in [6.45, 7) is 10.8. The van der Waals surface area contributed by atoms with Crippen LogP contribution in [0.5, 0.6) is 0 Å². The van der Waals surface area contributed by atoms with Crippen molar-refractivity contribution in [2.75, 3.05) is 13.1 Å². The van der Waals surface area contributed by atoms with Crippen LogP contribution in [0.25, 0.3) is 0 Å². The first kappa shape index (κ1) is 17.9. The molecule has 0 aromatic rings. The van der Waals surface area contributed by atoms with Crippen LogP contribution in [0.2, 0.25) is 0 Å². The Balaban J connectivity index is 4.05. The number of hydrogen-bond donors (Lipinski definition) is 3. The van der Waals surface area contributed by atoms with E-state index in [2.05, 4.69) is 10.6 Å². The molecule has 1 atom stereocenters. The highest BCUT2D eigenvalue weighted by Gasteiger charge is 2.24. The predicted octanol–water partition coefficient (Wildman–Crippen LogP) is 1.63. The molecular formula is C14H28N2O3. The maximum atomic E-state index is 11.6. The lowest BCUT2D eigenvalue weighted by Gasteiger charge is -2.23. The standard InChI is InChI=1S/C14H28N2O3/c1-10(2)15-7-6-12(17)16-9-11(13(18)19)8-14(3,4)5/h10-11,15H,6-9H2,1-5H3,(H,16,17)(H,18,19). The van der Waals surface area contributed by atoms with E-state index in [0.717, 1.165) is 0 Å². The number of carboxylic acids is 1. The van der Waals surface area contributed by atoms with Crippen LogP contribution in [0.4, 0.5) is 0 Å². The second-order valence-corrected chi connectivity index (χ2v) is 6.46. The van der Waals surface area contributed by atoms with Gasteiger partial charge in [-0.15, -0.1) is 0 Å². The van der Waals surface area contributed by atoms with Gasteiger partial charge in [0.05, 0.1) is 5.92 Å². The minimum atomic E-state index is -0.851. The summed E-state index contributed by atoms with van der Waals surface area (Å²) >= 11 is 0. The van der Waals surface area contributed by atoms with Crippen molar-refractivity contribution in [3.63, 3.8) is 0 Å². The van der Waals surface area contributed by atoms with Gasteiger partial charge in [-0.1, -0.05) is 34.6 Å². The number of carboxylic acid groups (broad SMARTS) is 1. The van der Waals surface area contributed by atoms with Gasteiger partial charge in [0.15, 0.2) is 0 Å². The van der Waals surface area contributed by atoms with Gasteiger partial charge in [0.1, 0.15) is 0 Å². The van der Waals surface area contributed by atoms with Crippen LogP contribution in [0, 0.1) is 11.3 Å². The third-order valence-electron chi connectivity index (χ3n) is 2.66. The molecule has 0 fully saturated rings. The van der Waals surface area contributed by atoms with Crippen LogP contribution in [0.15, 0.2) is 0 Å². The Labute approximate surface area is 116 Å². The fourth-order valence-electron chi connectivity index (χ4n) is 1.79. The number of hydrogen-bond acceptors (Lipinski definition) is 3. The van der Waals surface area contributed by atoms with Crippen LogP contribution in [0.1, 0.15) is 47.5 Å². The van der Waals surface area contributed by atoms with Gasteiger partial charge in [-0.3, -0.25) is 9.59 Å². The van der Waals surface area contributed by atoms with Crippen LogP contribution in [-0.2, 0) is 9.59 Å². The first-order valence-corrected chi connectivity index (χ1v) is 6.84. The van der Waals surface area contributed by atoms with E-state index in [1.165, 1.54) is 0 Å². The zero-order valence-corrected chi connectivity index (χ0v) is 12.7. The number of aliphatic carboxylic acids is 1. The molecule has 0 radical (unpaired) electrons. The maximum Gasteiger partial charge on any atom is 0.308 e. The zero-order chi connectivity index (χ0) is 15.1. The van der Waals surface area contributed by atoms with Crippen LogP contribution < -0.4 is 10.6 Å². The smallest absolute Gasteiger partial charge is 0.308 e. The van der Waals surface area contributed by atoms with Crippen molar-refractivity contribution >= 4 is 11.9 Å². The molecule has 0 spiro atoms. The third kappa shape index (κ3) is 10.5. The summed E-state index contributed by atoms with van der Waals surface area (Å²) < 4.78 is 0. The Morgan fingerprint density at radius 3 is 2.21 bits per heavy atom. The molecule has 0 aromatic carbocycles. The van der Waals surface area contributed by atoms with Gasteiger partial charge >= 0.3 is 5.97 Å². The van der Waals surface area contributed by atoms with E-state index in [0.29, 0.717) is 25.4 Å². The summed E-state index contributed by atoms with van der Waals surface area (Å²) in [6, 6.07) is 0.348. The highest BCUT2D eigenvalue weighted by molar-refractivity contribution is 5.77. The Bertz CT molecular complexity index is 296. The number of amides is 1. The molecule has 1 unspecified atom stereocenters. The molecule has 0 aromatic heterocycles. The Morgan fingerprint density at radius 2 is 1.79 bits per heavy atom. The summed E-state index contributed by atoms with van der Waals surface area (Å²) in [7, 11) is 0. The minimum Gasteiger partial charge on any atom is -0.481 e. The van der Waals surface area contributed by atoms with Crippen molar-refractivity contribution in [2.45, 2.75) is 53.5 Å². The monoisotopic (exact) mass is 272 g/mol. The molecule has 0 aliphatic carbocycles. The van der Waals surface area contributed by atoms with E-state index in [4.69, 9.17) is 5.11 Å². The molecule has 1 amide bonds. The van der Waals surface area contributed by atoms with Crippen molar-refractivity contribution in [3.05, 3.63) is 0 Å². The summed E-state index contributed by atoms with van der Waals surface area (Å²) in [6.07, 6.45) is 0.924. The van der Waals surface area contributed by atoms with Gasteiger partial charge in [0, 0.05) is 25.6 Å². The van der Waals surface area contributed by atoms with Crippen molar-refractivity contribution in [1.29, 1.82) is 0 Å². The summed E-state index contributed by atoms with van der Waals surface area (Å²) in [5.74, 6) is -1.48. The molecule has 112 valence electrons. The second kappa shape index (κ2) is 8.15. The van der Waals surface area contributed by atoms with E-state index in [9.17, 15) is 9.59 Å². The van der Waals surface area contributed by atoms with E-state index in [-0.39, 0.29) is 17.9 Å². The highest BCUT2D eigenvalue weighted by atomic mass is 16.4. The Morgan fingerprint density at radius 1 is 1.21 bits per heavy atom. The van der Waals surface area contributed by atoms with Crippen LogP contribution in [-0.4, -0.2) is 36.1 Å². The molecule has 0 bridgehead atoms. The molecule has 0 saturated carbocycles. The lowest BCUT2D eigenvalue weighted by Crippen LogP contribution is -2.36. The Kier molecular flexibility index (Phi) is 7.68. The number of rotatable bonds is 8. The average Bonchev–Trinajstić information content (AvgIpc) is 2.21. The molecule has 5 nitrogen and oxygen atoms in total. The molecule has 5 heteroatoms. The maximum absolute atomic E-state index is 11.6. The largest absolute Gasteiger partial charge is 0.481 e. The third-order valence-corrected chi connectivity index (χ3v) is 2.66. The van der Waals surface area contributed by atoms with Gasteiger partial charge in [-0.2, -0.15) is 0 Å². The molecule has 0 aliphatic rings. The molecular weight excluding hydrogens is 244 g/mol. The lowest BCUT2D eigenvalue weighted by atomic mass is 9.84. The Hall–Kier alpha value is -1.10. The topological polar surface area (TPSA) is 78.4 Å². The first-order valence-electron chi connectivity index (χ1n) is 6.84. The van der Waals surface area contributed by atoms with Crippen molar-refractivity contribution in [3.8, 4) is 0 Å².